The van der Waals surface area contributed by atoms with Gasteiger partial charge in [0.2, 0.25) is 0 Å². The Morgan fingerprint density at radius 2 is 1.48 bits per heavy atom. The zero-order chi connectivity index (χ0) is 18.8. The Morgan fingerprint density at radius 1 is 0.889 bits per heavy atom. The number of carbonyl (C=O) groups excluding carboxylic acids is 1. The molecule has 1 amide bonds. The number of rotatable bonds is 4. The second kappa shape index (κ2) is 7.08. The van der Waals surface area contributed by atoms with Gasteiger partial charge in [-0.1, -0.05) is 66.7 Å². The summed E-state index contributed by atoms with van der Waals surface area (Å²) in [6.45, 7) is 3.88. The van der Waals surface area contributed by atoms with Crippen LogP contribution in [0.2, 0.25) is 0 Å². The van der Waals surface area contributed by atoms with Gasteiger partial charge in [-0.05, 0) is 36.6 Å². The number of carbonyl (C=O) groups is 1. The first kappa shape index (κ1) is 17.0. The van der Waals surface area contributed by atoms with E-state index < -0.39 is 0 Å². The van der Waals surface area contributed by atoms with Crippen molar-refractivity contribution in [3.63, 3.8) is 0 Å². The van der Waals surface area contributed by atoms with Crippen molar-refractivity contribution in [2.75, 3.05) is 0 Å². The molecule has 2 aromatic carbocycles. The van der Waals surface area contributed by atoms with Crippen LogP contribution in [-0.2, 0) is 0 Å². The Hall–Kier alpha value is -3.40. The highest BCUT2D eigenvalue weighted by Crippen LogP contribution is 2.23. The highest BCUT2D eigenvalue weighted by atomic mass is 16.2. The molecule has 0 aliphatic rings. The van der Waals surface area contributed by atoms with Crippen LogP contribution in [0.4, 0.5) is 0 Å². The van der Waals surface area contributed by atoms with E-state index in [1.54, 1.807) is 0 Å². The van der Waals surface area contributed by atoms with Crippen LogP contribution < -0.4 is 5.32 Å². The molecule has 0 aliphatic carbocycles. The van der Waals surface area contributed by atoms with E-state index in [1.807, 2.05) is 97.2 Å². The number of hydrogen-bond acceptors (Lipinski definition) is 2. The summed E-state index contributed by atoms with van der Waals surface area (Å²) >= 11 is 0. The zero-order valence-corrected chi connectivity index (χ0v) is 15.4. The minimum absolute atomic E-state index is 0.136. The molecule has 0 unspecified atom stereocenters. The van der Waals surface area contributed by atoms with Crippen LogP contribution in [0.3, 0.4) is 0 Å². The number of nitrogens with one attached hydrogen (secondary N) is 1. The number of hydrogen-bond donors (Lipinski definition) is 1. The van der Waals surface area contributed by atoms with Crippen molar-refractivity contribution in [2.24, 2.45) is 0 Å². The molecule has 134 valence electrons. The van der Waals surface area contributed by atoms with Gasteiger partial charge in [-0.2, -0.15) is 0 Å². The quantitative estimate of drug-likeness (QED) is 0.587. The van der Waals surface area contributed by atoms with Crippen molar-refractivity contribution in [2.45, 2.75) is 19.9 Å². The molecule has 27 heavy (non-hydrogen) atoms. The standard InChI is InChI=1S/C23H21N3O/c1-16-13-14-20-24-17(2)22(26(20)15-16)23(27)25-21(18-9-5-3-6-10-18)19-11-7-4-8-12-19/h3-15,21H,1-2H3,(H,25,27). The van der Waals surface area contributed by atoms with Crippen molar-refractivity contribution < 1.29 is 4.79 Å². The van der Waals surface area contributed by atoms with Gasteiger partial charge in [0.05, 0.1) is 11.7 Å². The highest BCUT2D eigenvalue weighted by Gasteiger charge is 2.22. The number of nitrogens with zero attached hydrogens (tertiary/aromatic N) is 2. The third kappa shape index (κ3) is 3.34. The summed E-state index contributed by atoms with van der Waals surface area (Å²) in [7, 11) is 0. The summed E-state index contributed by atoms with van der Waals surface area (Å²) in [5, 5.41) is 3.20. The molecule has 0 spiro atoms. The molecule has 0 saturated heterocycles. The monoisotopic (exact) mass is 355 g/mol. The topological polar surface area (TPSA) is 46.4 Å². The van der Waals surface area contributed by atoms with Crippen molar-refractivity contribution >= 4 is 11.6 Å². The summed E-state index contributed by atoms with van der Waals surface area (Å²) in [5.74, 6) is -0.136. The lowest BCUT2D eigenvalue weighted by Gasteiger charge is -2.20. The molecule has 0 radical (unpaired) electrons. The average Bonchev–Trinajstić information content (AvgIpc) is 3.02. The van der Waals surface area contributed by atoms with E-state index in [9.17, 15) is 4.79 Å². The molecule has 0 bridgehead atoms. The first-order valence-corrected chi connectivity index (χ1v) is 8.99. The van der Waals surface area contributed by atoms with Crippen LogP contribution in [0.1, 0.15) is 38.9 Å². The Labute approximate surface area is 158 Å². The molecule has 4 nitrogen and oxygen atoms in total. The molecule has 0 atom stereocenters. The number of aryl methyl sites for hydroxylation is 2. The predicted molar refractivity (Wildman–Crippen MR) is 107 cm³/mol. The minimum Gasteiger partial charge on any atom is -0.340 e. The van der Waals surface area contributed by atoms with Gasteiger partial charge in [0.25, 0.3) is 5.91 Å². The van der Waals surface area contributed by atoms with E-state index in [1.165, 1.54) is 0 Å². The fraction of sp³-hybridized carbons (Fsp3) is 0.130. The SMILES string of the molecule is Cc1ccc2nc(C)c(C(=O)NC(c3ccccc3)c3ccccc3)n2c1. The summed E-state index contributed by atoms with van der Waals surface area (Å²) in [6.07, 6.45) is 1.95. The van der Waals surface area contributed by atoms with Gasteiger partial charge in [-0.15, -0.1) is 0 Å². The average molecular weight is 355 g/mol. The third-order valence-electron chi connectivity index (χ3n) is 4.70. The molecule has 0 saturated carbocycles. The maximum absolute atomic E-state index is 13.2. The lowest BCUT2D eigenvalue weighted by atomic mass is 9.98. The van der Waals surface area contributed by atoms with Crippen LogP contribution in [0.5, 0.6) is 0 Å². The summed E-state index contributed by atoms with van der Waals surface area (Å²) in [6, 6.07) is 23.7. The van der Waals surface area contributed by atoms with Crippen molar-refractivity contribution in [1.29, 1.82) is 0 Å². The number of imidazole rings is 1. The van der Waals surface area contributed by atoms with Gasteiger partial charge in [-0.3, -0.25) is 9.20 Å². The lowest BCUT2D eigenvalue weighted by Crippen LogP contribution is -2.30. The molecule has 4 aromatic rings. The van der Waals surface area contributed by atoms with E-state index in [-0.39, 0.29) is 11.9 Å². The number of benzene rings is 2. The van der Waals surface area contributed by atoms with Crippen LogP contribution in [0.25, 0.3) is 5.65 Å². The number of fused-ring (bicyclic) bond motifs is 1. The van der Waals surface area contributed by atoms with E-state index in [4.69, 9.17) is 0 Å². The minimum atomic E-state index is -0.227. The highest BCUT2D eigenvalue weighted by molar-refractivity contribution is 5.95. The molecule has 0 aliphatic heterocycles. The maximum atomic E-state index is 13.2. The first-order chi connectivity index (χ1) is 13.1. The maximum Gasteiger partial charge on any atom is 0.270 e. The molecular weight excluding hydrogens is 334 g/mol. The van der Waals surface area contributed by atoms with Crippen molar-refractivity contribution in [3.8, 4) is 0 Å². The van der Waals surface area contributed by atoms with Crippen LogP contribution in [-0.4, -0.2) is 15.3 Å². The molecule has 4 heteroatoms. The van der Waals surface area contributed by atoms with Crippen molar-refractivity contribution in [1.82, 2.24) is 14.7 Å². The van der Waals surface area contributed by atoms with E-state index in [0.717, 1.165) is 28.0 Å². The summed E-state index contributed by atoms with van der Waals surface area (Å²) in [5.41, 5.74) is 5.23. The Balaban J connectivity index is 1.75. The van der Waals surface area contributed by atoms with Gasteiger partial charge in [0.15, 0.2) is 0 Å². The van der Waals surface area contributed by atoms with Crippen molar-refractivity contribution in [3.05, 3.63) is 107 Å². The third-order valence-corrected chi connectivity index (χ3v) is 4.70. The second-order valence-electron chi connectivity index (χ2n) is 6.71. The fourth-order valence-corrected chi connectivity index (χ4v) is 3.39. The molecule has 2 aromatic heterocycles. The molecule has 0 fully saturated rings. The Kier molecular flexibility index (Phi) is 4.47. The van der Waals surface area contributed by atoms with Gasteiger partial charge in [0.1, 0.15) is 11.3 Å². The second-order valence-corrected chi connectivity index (χ2v) is 6.71. The van der Waals surface area contributed by atoms with E-state index >= 15 is 0 Å². The molecule has 1 N–H and O–H groups in total. The van der Waals surface area contributed by atoms with Gasteiger partial charge >= 0.3 is 0 Å². The largest absolute Gasteiger partial charge is 0.340 e. The number of aromatic nitrogens is 2. The van der Waals surface area contributed by atoms with E-state index in [2.05, 4.69) is 10.3 Å². The normalized spacial score (nSPS) is 11.1. The first-order valence-electron chi connectivity index (χ1n) is 8.99. The van der Waals surface area contributed by atoms with Crippen LogP contribution in [0, 0.1) is 13.8 Å². The zero-order valence-electron chi connectivity index (χ0n) is 15.4. The molecule has 2 heterocycles. The summed E-state index contributed by atoms with van der Waals surface area (Å²) < 4.78 is 1.87. The lowest BCUT2D eigenvalue weighted by molar-refractivity contribution is 0.0936. The molecule has 4 rings (SSSR count). The van der Waals surface area contributed by atoms with Gasteiger partial charge < -0.3 is 5.32 Å². The van der Waals surface area contributed by atoms with Gasteiger partial charge in [0, 0.05) is 6.20 Å². The summed E-state index contributed by atoms with van der Waals surface area (Å²) in [4.78, 5) is 17.8. The number of pyridine rings is 1. The van der Waals surface area contributed by atoms with Crippen LogP contribution in [0.15, 0.2) is 79.0 Å². The Bertz CT molecular complexity index is 1050. The predicted octanol–water partition coefficient (Wildman–Crippen LogP) is 4.47. The van der Waals surface area contributed by atoms with Gasteiger partial charge in [-0.25, -0.2) is 4.98 Å². The fourth-order valence-electron chi connectivity index (χ4n) is 3.39. The molecular formula is C23H21N3O. The number of amides is 1. The van der Waals surface area contributed by atoms with Crippen LogP contribution >= 0.6 is 0 Å². The smallest absolute Gasteiger partial charge is 0.270 e. The van der Waals surface area contributed by atoms with E-state index in [0.29, 0.717) is 5.69 Å². The Morgan fingerprint density at radius 3 is 2.07 bits per heavy atom.